The second-order valence-electron chi connectivity index (χ2n) is 4.86. The first-order chi connectivity index (χ1) is 8.55. The molecule has 7 heteroatoms. The van der Waals surface area contributed by atoms with E-state index >= 15 is 0 Å². The number of ether oxygens (including phenoxy) is 1. The Bertz CT molecular complexity index is 343. The van der Waals surface area contributed by atoms with Gasteiger partial charge >= 0.3 is 12.1 Å². The van der Waals surface area contributed by atoms with Gasteiger partial charge in [-0.2, -0.15) is 9.80 Å². The van der Waals surface area contributed by atoms with Gasteiger partial charge in [-0.15, -0.1) is 4.59 Å². The first-order valence-electron chi connectivity index (χ1n) is 6.29. The number of rotatable bonds is 0. The van der Waals surface area contributed by atoms with Crippen LogP contribution in [0.2, 0.25) is 0 Å². The van der Waals surface area contributed by atoms with Crippen molar-refractivity contribution in [2.24, 2.45) is 0 Å². The maximum absolute atomic E-state index is 12.4. The first-order valence-corrected chi connectivity index (χ1v) is 6.29. The number of amides is 3. The van der Waals surface area contributed by atoms with Crippen molar-refractivity contribution in [3.05, 3.63) is 0 Å². The molecule has 0 spiro atoms. The molecule has 0 saturated carbocycles. The summed E-state index contributed by atoms with van der Waals surface area (Å²) in [4.78, 5) is 25.5. The van der Waals surface area contributed by atoms with Crippen LogP contribution in [0.15, 0.2) is 0 Å². The summed E-state index contributed by atoms with van der Waals surface area (Å²) in [6.45, 7) is 3.08. The van der Waals surface area contributed by atoms with Gasteiger partial charge in [0.1, 0.15) is 13.6 Å². The zero-order valence-electron chi connectivity index (χ0n) is 10.7. The zero-order valence-corrected chi connectivity index (χ0v) is 10.7. The van der Waals surface area contributed by atoms with Gasteiger partial charge in [0.05, 0.1) is 19.8 Å². The van der Waals surface area contributed by atoms with Gasteiger partial charge in [0, 0.05) is 19.5 Å². The monoisotopic (exact) mass is 258 g/mol. The predicted molar refractivity (Wildman–Crippen MR) is 62.8 cm³/mol. The minimum atomic E-state index is -0.976. The molecule has 2 heterocycles. The van der Waals surface area contributed by atoms with Crippen molar-refractivity contribution in [2.45, 2.75) is 12.8 Å². The fraction of sp³-hybridized carbons (Fsp3) is 0.818. The normalized spacial score (nSPS) is 29.2. The average molecular weight is 258 g/mol. The van der Waals surface area contributed by atoms with Crippen molar-refractivity contribution in [2.75, 3.05) is 46.4 Å². The Morgan fingerprint density at radius 2 is 1.83 bits per heavy atom. The molecule has 0 aromatic rings. The highest BCUT2D eigenvalue weighted by Crippen LogP contribution is 2.21. The minimum Gasteiger partial charge on any atom is -0.434 e. The molecule has 2 fully saturated rings. The number of carbonyl (C=O) groups excluding carboxylic acids is 1. The molecule has 1 atom stereocenters. The van der Waals surface area contributed by atoms with Gasteiger partial charge in [-0.25, -0.2) is 4.79 Å². The van der Waals surface area contributed by atoms with Crippen molar-refractivity contribution in [3.8, 4) is 0 Å². The average Bonchev–Trinajstić information content (AvgIpc) is 2.39. The van der Waals surface area contributed by atoms with Crippen molar-refractivity contribution in [3.63, 3.8) is 0 Å². The summed E-state index contributed by atoms with van der Waals surface area (Å²) in [5, 5.41) is 10.8. The molecule has 102 valence electrons. The van der Waals surface area contributed by atoms with Crippen LogP contribution in [-0.4, -0.2) is 78.2 Å². The van der Waals surface area contributed by atoms with E-state index in [0.717, 1.165) is 12.8 Å². The number of morpholine rings is 1. The van der Waals surface area contributed by atoms with Crippen LogP contribution in [0.4, 0.5) is 9.59 Å². The minimum absolute atomic E-state index is 0.192. The molecule has 2 aliphatic rings. The van der Waals surface area contributed by atoms with Gasteiger partial charge < -0.3 is 14.7 Å². The number of carbonyl (C=O) groups is 2. The Balaban J connectivity index is 2.13. The smallest absolute Gasteiger partial charge is 0.434 e. The molecule has 2 aliphatic heterocycles. The third kappa shape index (κ3) is 2.28. The SMILES string of the molecule is C[N+]1(C(=O)O)CCCCN1C(=O)N1CCOCC1. The highest BCUT2D eigenvalue weighted by Gasteiger charge is 2.46. The molecule has 0 aromatic heterocycles. The summed E-state index contributed by atoms with van der Waals surface area (Å²) in [6.07, 6.45) is 0.712. The molecular weight excluding hydrogens is 238 g/mol. The van der Waals surface area contributed by atoms with Crippen LogP contribution in [0.5, 0.6) is 0 Å². The Morgan fingerprint density at radius 3 is 2.44 bits per heavy atom. The van der Waals surface area contributed by atoms with Crippen LogP contribution in [0.25, 0.3) is 0 Å². The standard InChI is InChI=1S/C11H19N3O4/c1-14(11(16)17)7-3-2-4-13(14)10(15)12-5-8-18-9-6-12/h2-9H2,1H3/p+1. The summed E-state index contributed by atoms with van der Waals surface area (Å²) in [7, 11) is 1.58. The fourth-order valence-electron chi connectivity index (χ4n) is 2.42. The van der Waals surface area contributed by atoms with E-state index in [1.165, 1.54) is 5.01 Å². The van der Waals surface area contributed by atoms with Crippen molar-refractivity contribution in [1.82, 2.24) is 9.91 Å². The van der Waals surface area contributed by atoms with Crippen LogP contribution in [-0.2, 0) is 4.74 Å². The molecule has 7 nitrogen and oxygen atoms in total. The molecule has 1 unspecified atom stereocenters. The maximum Gasteiger partial charge on any atom is 0.538 e. The molecular formula is C11H20N3O4+. The fourth-order valence-corrected chi connectivity index (χ4v) is 2.42. The molecule has 3 amide bonds. The highest BCUT2D eigenvalue weighted by atomic mass is 16.5. The number of urea groups is 1. The first kappa shape index (κ1) is 13.1. The van der Waals surface area contributed by atoms with E-state index in [9.17, 15) is 14.7 Å². The molecule has 0 radical (unpaired) electrons. The number of carboxylic acid groups (broad SMARTS) is 1. The summed E-state index contributed by atoms with van der Waals surface area (Å²) >= 11 is 0. The van der Waals surface area contributed by atoms with E-state index in [1.807, 2.05) is 0 Å². The Hall–Kier alpha value is -1.34. The van der Waals surface area contributed by atoms with Crippen LogP contribution in [0.1, 0.15) is 12.8 Å². The third-order valence-corrected chi connectivity index (χ3v) is 3.66. The number of hydrogen-bond donors (Lipinski definition) is 1. The highest BCUT2D eigenvalue weighted by molar-refractivity contribution is 5.75. The van der Waals surface area contributed by atoms with E-state index < -0.39 is 6.09 Å². The lowest BCUT2D eigenvalue weighted by molar-refractivity contribution is -0.947. The summed E-state index contributed by atoms with van der Waals surface area (Å²) < 4.78 is 4.87. The van der Waals surface area contributed by atoms with Crippen LogP contribution < -0.4 is 0 Å². The summed E-state index contributed by atoms with van der Waals surface area (Å²) in [5.41, 5.74) is 0. The predicted octanol–water partition coefficient (Wildman–Crippen LogP) is 0.574. The van der Waals surface area contributed by atoms with E-state index in [1.54, 1.807) is 11.9 Å². The summed E-state index contributed by atoms with van der Waals surface area (Å²) in [6, 6.07) is -0.192. The molecule has 0 aliphatic carbocycles. The molecule has 18 heavy (non-hydrogen) atoms. The Kier molecular flexibility index (Phi) is 3.72. The second-order valence-corrected chi connectivity index (χ2v) is 4.86. The number of quaternary nitrogens is 1. The second kappa shape index (κ2) is 5.11. The zero-order chi connectivity index (χ0) is 13.2. The number of hydrogen-bond acceptors (Lipinski definition) is 3. The van der Waals surface area contributed by atoms with Crippen LogP contribution in [0.3, 0.4) is 0 Å². The topological polar surface area (TPSA) is 70.1 Å². The lowest BCUT2D eigenvalue weighted by Crippen LogP contribution is -2.67. The Labute approximate surface area is 106 Å². The molecule has 0 bridgehead atoms. The van der Waals surface area contributed by atoms with E-state index in [0.29, 0.717) is 39.4 Å². The van der Waals surface area contributed by atoms with Gasteiger partial charge in [-0.05, 0) is 6.42 Å². The lowest BCUT2D eigenvalue weighted by Gasteiger charge is -2.43. The lowest BCUT2D eigenvalue weighted by atomic mass is 10.2. The summed E-state index contributed by atoms with van der Waals surface area (Å²) in [5.74, 6) is 0. The van der Waals surface area contributed by atoms with Gasteiger partial charge in [-0.1, -0.05) is 0 Å². The Morgan fingerprint density at radius 1 is 1.17 bits per heavy atom. The van der Waals surface area contributed by atoms with Crippen LogP contribution >= 0.6 is 0 Å². The van der Waals surface area contributed by atoms with Gasteiger partial charge in [0.15, 0.2) is 0 Å². The van der Waals surface area contributed by atoms with E-state index in [4.69, 9.17) is 4.74 Å². The van der Waals surface area contributed by atoms with E-state index in [2.05, 4.69) is 0 Å². The quantitative estimate of drug-likeness (QED) is 0.645. The van der Waals surface area contributed by atoms with Gasteiger partial charge in [0.2, 0.25) is 0 Å². The third-order valence-electron chi connectivity index (χ3n) is 3.66. The maximum atomic E-state index is 12.4. The molecule has 2 saturated heterocycles. The van der Waals surface area contributed by atoms with E-state index in [-0.39, 0.29) is 10.6 Å². The van der Waals surface area contributed by atoms with Gasteiger partial charge in [-0.3, -0.25) is 0 Å². The van der Waals surface area contributed by atoms with Gasteiger partial charge in [0.25, 0.3) is 0 Å². The van der Waals surface area contributed by atoms with Crippen LogP contribution in [0, 0.1) is 0 Å². The molecule has 2 rings (SSSR count). The number of nitrogens with zero attached hydrogens (tertiary/aromatic N) is 3. The molecule has 1 N–H and O–H groups in total. The molecule has 0 aromatic carbocycles. The van der Waals surface area contributed by atoms with Crippen molar-refractivity contribution in [1.29, 1.82) is 0 Å². The van der Waals surface area contributed by atoms with Crippen molar-refractivity contribution < 1.29 is 24.0 Å². The largest absolute Gasteiger partial charge is 0.538 e. The van der Waals surface area contributed by atoms with Crippen molar-refractivity contribution >= 4 is 12.1 Å².